The van der Waals surface area contributed by atoms with Crippen LogP contribution >= 0.6 is 0 Å². The van der Waals surface area contributed by atoms with Crippen LogP contribution in [0.1, 0.15) is 0 Å². The van der Waals surface area contributed by atoms with Gasteiger partial charge in [-0.15, -0.1) is 0 Å². The summed E-state index contributed by atoms with van der Waals surface area (Å²) in [7, 11) is 0. The average Bonchev–Trinajstić information content (AvgIpc) is 2.93. The Morgan fingerprint density at radius 1 is 0.314 bits per heavy atom. The second-order valence-corrected chi connectivity index (χ2v) is 9.06. The van der Waals surface area contributed by atoms with Crippen molar-refractivity contribution in [3.63, 3.8) is 0 Å². The molecule has 0 bridgehead atoms. The topological polar surface area (TPSA) is 3.24 Å². The van der Waals surface area contributed by atoms with E-state index in [-0.39, 0.29) is 0 Å². The van der Waals surface area contributed by atoms with E-state index in [1.54, 1.807) is 0 Å². The van der Waals surface area contributed by atoms with Crippen LogP contribution in [0, 0.1) is 0 Å². The first-order chi connectivity index (χ1) is 17.3. The quantitative estimate of drug-likeness (QED) is 0.244. The molecule has 35 heavy (non-hydrogen) atoms. The third kappa shape index (κ3) is 3.33. The van der Waals surface area contributed by atoms with Crippen LogP contribution in [0.4, 0.5) is 17.1 Å². The van der Waals surface area contributed by atoms with Gasteiger partial charge in [0.25, 0.3) is 0 Å². The second-order valence-electron chi connectivity index (χ2n) is 9.06. The van der Waals surface area contributed by atoms with Gasteiger partial charge in [-0.2, -0.15) is 0 Å². The van der Waals surface area contributed by atoms with Crippen LogP contribution in [0.15, 0.2) is 140 Å². The van der Waals surface area contributed by atoms with E-state index < -0.39 is 0 Å². The Labute approximate surface area is 204 Å². The van der Waals surface area contributed by atoms with Crippen molar-refractivity contribution >= 4 is 49.4 Å². The molecule has 0 aromatic heterocycles. The summed E-state index contributed by atoms with van der Waals surface area (Å²) in [5.74, 6) is 0. The molecule has 0 aliphatic heterocycles. The number of hydrogen-bond donors (Lipinski definition) is 0. The minimum atomic E-state index is 1.14. The predicted octanol–water partition coefficient (Wildman–Crippen LogP) is 9.72. The van der Waals surface area contributed by atoms with E-state index >= 15 is 0 Å². The zero-order chi connectivity index (χ0) is 23.2. The van der Waals surface area contributed by atoms with Gasteiger partial charge in [-0.25, -0.2) is 0 Å². The summed E-state index contributed by atoms with van der Waals surface area (Å²) in [6.07, 6.45) is 0. The lowest BCUT2D eigenvalue weighted by Crippen LogP contribution is -2.09. The van der Waals surface area contributed by atoms with E-state index in [9.17, 15) is 0 Å². The maximum absolute atomic E-state index is 2.35. The van der Waals surface area contributed by atoms with Crippen LogP contribution in [0.2, 0.25) is 0 Å². The molecule has 0 spiro atoms. The number of benzene rings is 7. The molecule has 0 N–H and O–H groups in total. The molecule has 0 atom stereocenters. The first-order valence-electron chi connectivity index (χ1n) is 12.0. The fraction of sp³-hybridized carbons (Fsp3) is 0. The molecule has 0 saturated carbocycles. The van der Waals surface area contributed by atoms with E-state index in [1.165, 1.54) is 43.4 Å². The molecule has 0 unspecified atom stereocenters. The van der Waals surface area contributed by atoms with Gasteiger partial charge in [-0.1, -0.05) is 103 Å². The molecular formula is C34H23N. The van der Waals surface area contributed by atoms with Crippen molar-refractivity contribution in [3.8, 4) is 11.1 Å². The molecule has 0 amide bonds. The molecule has 0 heterocycles. The highest BCUT2D eigenvalue weighted by Crippen LogP contribution is 2.41. The number of nitrogens with zero attached hydrogens (tertiary/aromatic N) is 1. The Morgan fingerprint density at radius 2 is 0.800 bits per heavy atom. The minimum Gasteiger partial charge on any atom is -0.310 e. The van der Waals surface area contributed by atoms with Crippen LogP contribution in [-0.2, 0) is 0 Å². The monoisotopic (exact) mass is 445 g/mol. The van der Waals surface area contributed by atoms with Crippen molar-refractivity contribution < 1.29 is 0 Å². The number of rotatable bonds is 4. The lowest BCUT2D eigenvalue weighted by molar-refractivity contribution is 1.29. The van der Waals surface area contributed by atoms with Crippen LogP contribution in [0.3, 0.4) is 0 Å². The first kappa shape index (κ1) is 19.8. The van der Waals surface area contributed by atoms with Crippen LogP contribution in [0.25, 0.3) is 43.4 Å². The Hall–Kier alpha value is -4.62. The summed E-state index contributed by atoms with van der Waals surface area (Å²) < 4.78 is 0. The number of para-hydroxylation sites is 1. The maximum Gasteiger partial charge on any atom is 0.0473 e. The van der Waals surface area contributed by atoms with Crippen molar-refractivity contribution in [2.24, 2.45) is 0 Å². The molecule has 7 aromatic carbocycles. The average molecular weight is 446 g/mol. The van der Waals surface area contributed by atoms with E-state index in [2.05, 4.69) is 144 Å². The minimum absolute atomic E-state index is 1.14. The summed E-state index contributed by atoms with van der Waals surface area (Å²) in [5, 5.41) is 7.83. The maximum atomic E-state index is 2.35. The van der Waals surface area contributed by atoms with E-state index in [0.717, 1.165) is 17.1 Å². The lowest BCUT2D eigenvalue weighted by atomic mass is 9.93. The molecule has 7 rings (SSSR count). The molecule has 0 saturated heterocycles. The van der Waals surface area contributed by atoms with Crippen molar-refractivity contribution in [1.82, 2.24) is 0 Å². The zero-order valence-electron chi connectivity index (χ0n) is 19.2. The molecule has 0 aliphatic carbocycles. The van der Waals surface area contributed by atoms with Gasteiger partial charge in [0.15, 0.2) is 0 Å². The predicted molar refractivity (Wildman–Crippen MR) is 150 cm³/mol. The summed E-state index contributed by atoms with van der Waals surface area (Å²) in [6, 6.07) is 50.3. The van der Waals surface area contributed by atoms with E-state index in [4.69, 9.17) is 0 Å². The van der Waals surface area contributed by atoms with Gasteiger partial charge in [0.2, 0.25) is 0 Å². The standard InChI is InChI=1S/C34H23N/c1-3-8-24(9-4-1)25-18-20-31(21-19-25)35(30-12-5-2-6-13-30)32-22-28-16-14-26-10-7-11-27-15-17-29(23-32)34(28)33(26)27/h1-23H. The van der Waals surface area contributed by atoms with E-state index in [1.807, 2.05) is 0 Å². The molecule has 7 aromatic rings. The van der Waals surface area contributed by atoms with Crippen molar-refractivity contribution in [2.75, 3.05) is 4.90 Å². The summed E-state index contributed by atoms with van der Waals surface area (Å²) in [4.78, 5) is 2.35. The normalized spacial score (nSPS) is 11.4. The smallest absolute Gasteiger partial charge is 0.0473 e. The fourth-order valence-electron chi connectivity index (χ4n) is 5.32. The molecule has 164 valence electrons. The van der Waals surface area contributed by atoms with Gasteiger partial charge in [-0.3, -0.25) is 0 Å². The Kier molecular flexibility index (Phi) is 4.53. The van der Waals surface area contributed by atoms with E-state index in [0.29, 0.717) is 0 Å². The van der Waals surface area contributed by atoms with Gasteiger partial charge >= 0.3 is 0 Å². The fourth-order valence-corrected chi connectivity index (χ4v) is 5.32. The van der Waals surface area contributed by atoms with Gasteiger partial charge in [-0.05, 0) is 79.8 Å². The molecule has 0 radical (unpaired) electrons. The summed E-state index contributed by atoms with van der Waals surface area (Å²) >= 11 is 0. The molecule has 0 fully saturated rings. The summed E-state index contributed by atoms with van der Waals surface area (Å²) in [5.41, 5.74) is 5.90. The SMILES string of the molecule is c1ccc(-c2ccc(N(c3ccccc3)c3cc4ccc5cccc6ccc(c3)c4c56)cc2)cc1. The van der Waals surface area contributed by atoms with Gasteiger partial charge in [0, 0.05) is 17.1 Å². The highest BCUT2D eigenvalue weighted by atomic mass is 15.1. The highest BCUT2D eigenvalue weighted by molar-refractivity contribution is 6.23. The third-order valence-corrected chi connectivity index (χ3v) is 6.95. The van der Waals surface area contributed by atoms with Gasteiger partial charge in [0.05, 0.1) is 0 Å². The lowest BCUT2D eigenvalue weighted by Gasteiger charge is -2.26. The Balaban J connectivity index is 1.42. The molecule has 0 aliphatic rings. The first-order valence-corrected chi connectivity index (χ1v) is 12.0. The highest BCUT2D eigenvalue weighted by Gasteiger charge is 2.16. The van der Waals surface area contributed by atoms with Crippen LogP contribution < -0.4 is 4.90 Å². The summed E-state index contributed by atoms with van der Waals surface area (Å²) in [6.45, 7) is 0. The van der Waals surface area contributed by atoms with Crippen molar-refractivity contribution in [2.45, 2.75) is 0 Å². The number of anilines is 3. The van der Waals surface area contributed by atoms with Crippen molar-refractivity contribution in [1.29, 1.82) is 0 Å². The second kappa shape index (κ2) is 8.00. The third-order valence-electron chi connectivity index (χ3n) is 6.95. The zero-order valence-corrected chi connectivity index (χ0v) is 19.2. The number of hydrogen-bond acceptors (Lipinski definition) is 1. The van der Waals surface area contributed by atoms with Gasteiger partial charge in [0.1, 0.15) is 0 Å². The van der Waals surface area contributed by atoms with Crippen molar-refractivity contribution in [3.05, 3.63) is 140 Å². The molecule has 1 nitrogen and oxygen atoms in total. The molecule has 1 heteroatoms. The Morgan fingerprint density at radius 3 is 1.43 bits per heavy atom. The van der Waals surface area contributed by atoms with Gasteiger partial charge < -0.3 is 4.90 Å². The largest absolute Gasteiger partial charge is 0.310 e. The van der Waals surface area contributed by atoms with Crippen LogP contribution in [-0.4, -0.2) is 0 Å². The Bertz CT molecular complexity index is 1700. The van der Waals surface area contributed by atoms with Crippen LogP contribution in [0.5, 0.6) is 0 Å². The molecular weight excluding hydrogens is 422 g/mol.